The number of aryl methyl sites for hydroxylation is 1. The van der Waals surface area contributed by atoms with Crippen molar-refractivity contribution in [2.45, 2.75) is 6.92 Å². The van der Waals surface area contributed by atoms with Gasteiger partial charge in [0.25, 0.3) is 0 Å². The average Bonchev–Trinajstić information content (AvgIpc) is 2.63. The molecule has 0 aliphatic heterocycles. The maximum Gasteiger partial charge on any atom is 0.116 e. The Balaban J connectivity index is 2.36. The highest BCUT2D eigenvalue weighted by Gasteiger charge is 2.14. The summed E-state index contributed by atoms with van der Waals surface area (Å²) in [6, 6.07) is 9.13. The SMILES string of the molecule is Cc1c(-c2ccc(N)cn2)c2cc(O)ccc2n1C. The van der Waals surface area contributed by atoms with Crippen LogP contribution in [0.3, 0.4) is 0 Å². The lowest BCUT2D eigenvalue weighted by Gasteiger charge is -2.02. The molecule has 2 aromatic heterocycles. The van der Waals surface area contributed by atoms with E-state index in [9.17, 15) is 5.11 Å². The molecule has 4 nitrogen and oxygen atoms in total. The van der Waals surface area contributed by atoms with Gasteiger partial charge in [0, 0.05) is 29.2 Å². The fourth-order valence-electron chi connectivity index (χ4n) is 2.44. The molecule has 2 heterocycles. The second-order valence-corrected chi connectivity index (χ2v) is 4.70. The van der Waals surface area contributed by atoms with Crippen molar-refractivity contribution in [3.8, 4) is 17.0 Å². The van der Waals surface area contributed by atoms with Gasteiger partial charge in [0.15, 0.2) is 0 Å². The van der Waals surface area contributed by atoms with E-state index in [0.717, 1.165) is 27.9 Å². The number of nitrogens with zero attached hydrogens (tertiary/aromatic N) is 2. The average molecular weight is 253 g/mol. The summed E-state index contributed by atoms with van der Waals surface area (Å²) in [5.74, 6) is 0.259. The highest BCUT2D eigenvalue weighted by Crippen LogP contribution is 2.34. The van der Waals surface area contributed by atoms with Gasteiger partial charge in [-0.25, -0.2) is 0 Å². The number of hydrogen-bond donors (Lipinski definition) is 2. The Morgan fingerprint density at radius 3 is 2.68 bits per heavy atom. The second-order valence-electron chi connectivity index (χ2n) is 4.70. The number of nitrogen functional groups attached to an aromatic ring is 1. The largest absolute Gasteiger partial charge is 0.508 e. The van der Waals surface area contributed by atoms with Crippen LogP contribution in [0.15, 0.2) is 36.5 Å². The van der Waals surface area contributed by atoms with Gasteiger partial charge >= 0.3 is 0 Å². The predicted octanol–water partition coefficient (Wildman–Crippen LogP) is 2.84. The topological polar surface area (TPSA) is 64.1 Å². The van der Waals surface area contributed by atoms with Crippen molar-refractivity contribution in [1.29, 1.82) is 0 Å². The molecule has 0 saturated heterocycles. The molecule has 19 heavy (non-hydrogen) atoms. The van der Waals surface area contributed by atoms with Crippen molar-refractivity contribution in [3.63, 3.8) is 0 Å². The first-order valence-corrected chi connectivity index (χ1v) is 6.08. The third-order valence-electron chi connectivity index (χ3n) is 3.52. The number of aromatic nitrogens is 2. The number of phenolic OH excluding ortho intramolecular Hbond substituents is 1. The number of fused-ring (bicyclic) bond motifs is 1. The molecule has 0 amide bonds. The second kappa shape index (κ2) is 4.02. The van der Waals surface area contributed by atoms with Gasteiger partial charge in [-0.1, -0.05) is 0 Å². The maximum atomic E-state index is 9.70. The molecule has 3 N–H and O–H groups in total. The van der Waals surface area contributed by atoms with E-state index in [4.69, 9.17) is 5.73 Å². The van der Waals surface area contributed by atoms with Crippen LogP contribution >= 0.6 is 0 Å². The molecule has 0 spiro atoms. The monoisotopic (exact) mass is 253 g/mol. The molecular weight excluding hydrogens is 238 g/mol. The molecule has 0 saturated carbocycles. The summed E-state index contributed by atoms with van der Waals surface area (Å²) >= 11 is 0. The number of hydrogen-bond acceptors (Lipinski definition) is 3. The zero-order valence-electron chi connectivity index (χ0n) is 10.9. The minimum Gasteiger partial charge on any atom is -0.508 e. The van der Waals surface area contributed by atoms with Gasteiger partial charge < -0.3 is 15.4 Å². The summed E-state index contributed by atoms with van der Waals surface area (Å²) in [4.78, 5) is 4.38. The Morgan fingerprint density at radius 1 is 1.21 bits per heavy atom. The van der Waals surface area contributed by atoms with Crippen LogP contribution < -0.4 is 5.73 Å². The Morgan fingerprint density at radius 2 is 2.00 bits per heavy atom. The molecule has 0 unspecified atom stereocenters. The molecule has 4 heteroatoms. The smallest absolute Gasteiger partial charge is 0.116 e. The van der Waals surface area contributed by atoms with E-state index in [-0.39, 0.29) is 5.75 Å². The summed E-state index contributed by atoms with van der Waals surface area (Å²) in [5, 5.41) is 10.7. The number of benzene rings is 1. The van der Waals surface area contributed by atoms with E-state index in [1.807, 2.05) is 32.2 Å². The lowest BCUT2D eigenvalue weighted by molar-refractivity contribution is 0.476. The minimum absolute atomic E-state index is 0.259. The van der Waals surface area contributed by atoms with Gasteiger partial charge in [-0.15, -0.1) is 0 Å². The van der Waals surface area contributed by atoms with E-state index >= 15 is 0 Å². The molecule has 96 valence electrons. The number of rotatable bonds is 1. The van der Waals surface area contributed by atoms with Gasteiger partial charge in [0.2, 0.25) is 0 Å². The maximum absolute atomic E-state index is 9.70. The molecule has 0 atom stereocenters. The van der Waals surface area contributed by atoms with Gasteiger partial charge in [-0.2, -0.15) is 0 Å². The van der Waals surface area contributed by atoms with Gasteiger partial charge in [0.1, 0.15) is 5.75 Å². The third kappa shape index (κ3) is 1.73. The van der Waals surface area contributed by atoms with Crippen LogP contribution in [-0.2, 0) is 7.05 Å². The summed E-state index contributed by atoms with van der Waals surface area (Å²) in [5.41, 5.74) is 10.4. The molecule has 0 radical (unpaired) electrons. The van der Waals surface area contributed by atoms with Gasteiger partial charge in [-0.05, 0) is 37.3 Å². The summed E-state index contributed by atoms with van der Waals surface area (Å²) < 4.78 is 2.10. The molecular formula is C15H15N3O. The molecule has 0 aliphatic rings. The van der Waals surface area contributed by atoms with Crippen molar-refractivity contribution < 1.29 is 5.11 Å². The summed E-state index contributed by atoms with van der Waals surface area (Å²) in [6.07, 6.45) is 1.65. The zero-order chi connectivity index (χ0) is 13.6. The van der Waals surface area contributed by atoms with Crippen molar-refractivity contribution >= 4 is 16.6 Å². The highest BCUT2D eigenvalue weighted by atomic mass is 16.3. The quantitative estimate of drug-likeness (QED) is 0.701. The van der Waals surface area contributed by atoms with E-state index < -0.39 is 0 Å². The van der Waals surface area contributed by atoms with Crippen LogP contribution in [0, 0.1) is 6.92 Å². The number of phenols is 1. The fraction of sp³-hybridized carbons (Fsp3) is 0.133. The van der Waals surface area contributed by atoms with Crippen molar-refractivity contribution in [3.05, 3.63) is 42.2 Å². The van der Waals surface area contributed by atoms with E-state index in [2.05, 4.69) is 9.55 Å². The van der Waals surface area contributed by atoms with E-state index in [1.54, 1.807) is 18.3 Å². The lowest BCUT2D eigenvalue weighted by Crippen LogP contribution is -1.92. The first kappa shape index (κ1) is 11.6. The summed E-state index contributed by atoms with van der Waals surface area (Å²) in [6.45, 7) is 2.05. The Labute approximate surface area is 111 Å². The number of anilines is 1. The zero-order valence-corrected chi connectivity index (χ0v) is 10.9. The van der Waals surface area contributed by atoms with Crippen LogP contribution in [0.5, 0.6) is 5.75 Å². The Hall–Kier alpha value is -2.49. The van der Waals surface area contributed by atoms with Crippen molar-refractivity contribution in [1.82, 2.24) is 9.55 Å². The molecule has 0 aliphatic carbocycles. The number of aromatic hydroxyl groups is 1. The van der Waals surface area contributed by atoms with Gasteiger partial charge in [-0.3, -0.25) is 4.98 Å². The van der Waals surface area contributed by atoms with Crippen molar-refractivity contribution in [2.75, 3.05) is 5.73 Å². The van der Waals surface area contributed by atoms with E-state index in [0.29, 0.717) is 5.69 Å². The Kier molecular flexibility index (Phi) is 2.45. The summed E-state index contributed by atoms with van der Waals surface area (Å²) in [7, 11) is 2.01. The van der Waals surface area contributed by atoms with Crippen LogP contribution in [-0.4, -0.2) is 14.7 Å². The molecule has 3 aromatic rings. The van der Waals surface area contributed by atoms with Crippen LogP contribution in [0.1, 0.15) is 5.69 Å². The predicted molar refractivity (Wildman–Crippen MR) is 77.0 cm³/mol. The molecule has 0 bridgehead atoms. The van der Waals surface area contributed by atoms with E-state index in [1.165, 1.54) is 0 Å². The third-order valence-corrected chi connectivity index (χ3v) is 3.52. The highest BCUT2D eigenvalue weighted by molar-refractivity contribution is 5.98. The van der Waals surface area contributed by atoms with Crippen molar-refractivity contribution in [2.24, 2.45) is 7.05 Å². The number of nitrogens with two attached hydrogens (primary N) is 1. The fourth-order valence-corrected chi connectivity index (χ4v) is 2.44. The first-order chi connectivity index (χ1) is 9.08. The Bertz CT molecular complexity index is 757. The van der Waals surface area contributed by atoms with Gasteiger partial charge in [0.05, 0.1) is 17.6 Å². The standard InChI is InChI=1S/C15H15N3O/c1-9-15(13-5-3-10(16)8-17-13)12-7-11(19)4-6-14(12)18(9)2/h3-8,19H,16H2,1-2H3. The first-order valence-electron chi connectivity index (χ1n) is 6.08. The molecule has 1 aromatic carbocycles. The lowest BCUT2D eigenvalue weighted by atomic mass is 10.1. The minimum atomic E-state index is 0.259. The normalized spacial score (nSPS) is 11.1. The van der Waals surface area contributed by atoms with Crippen LogP contribution in [0.4, 0.5) is 5.69 Å². The molecule has 3 rings (SSSR count). The number of pyridine rings is 1. The molecule has 0 fully saturated rings. The van der Waals surface area contributed by atoms with Crippen LogP contribution in [0.25, 0.3) is 22.2 Å². The van der Waals surface area contributed by atoms with Crippen LogP contribution in [0.2, 0.25) is 0 Å².